The molecule has 0 N–H and O–H groups in total. The Balaban J connectivity index is 3.13. The molecule has 1 amide bonds. The van der Waals surface area contributed by atoms with Crippen LogP contribution in [-0.4, -0.2) is 36.7 Å². The number of alkyl halides is 3. The number of nitrogens with zero attached hydrogens (tertiary/aromatic N) is 1. The van der Waals surface area contributed by atoms with Crippen molar-refractivity contribution >= 4 is 21.8 Å². The Morgan fingerprint density at radius 3 is 2.45 bits per heavy atom. The molecule has 0 bridgehead atoms. The van der Waals surface area contributed by atoms with Gasteiger partial charge in [0.25, 0.3) is 5.91 Å². The SMILES string of the molecule is COc1cc(Br)ccc1C(=O)N(CC(F)(F)F)C(C)C. The Bertz CT molecular complexity index is 489. The van der Waals surface area contributed by atoms with Crippen molar-refractivity contribution in [1.82, 2.24) is 4.90 Å². The molecule has 0 aliphatic heterocycles. The Morgan fingerprint density at radius 2 is 2.00 bits per heavy atom. The number of carbonyl (C=O) groups is 1. The number of carbonyl (C=O) groups excluding carboxylic acids is 1. The molecule has 0 spiro atoms. The van der Waals surface area contributed by atoms with Crippen LogP contribution < -0.4 is 4.74 Å². The third-order valence-corrected chi connectivity index (χ3v) is 3.12. The van der Waals surface area contributed by atoms with E-state index >= 15 is 0 Å². The zero-order valence-electron chi connectivity index (χ0n) is 11.3. The number of amides is 1. The van der Waals surface area contributed by atoms with E-state index in [1.807, 2.05) is 0 Å². The Morgan fingerprint density at radius 1 is 1.40 bits per heavy atom. The Labute approximate surface area is 123 Å². The van der Waals surface area contributed by atoms with Crippen LogP contribution in [0.5, 0.6) is 5.75 Å². The molecule has 3 nitrogen and oxygen atoms in total. The summed E-state index contributed by atoms with van der Waals surface area (Å²) in [5.41, 5.74) is 0.105. The first kappa shape index (κ1) is 16.8. The van der Waals surface area contributed by atoms with Crippen LogP contribution in [0.3, 0.4) is 0 Å². The maximum atomic E-state index is 12.6. The Hall–Kier alpha value is -1.24. The van der Waals surface area contributed by atoms with E-state index in [9.17, 15) is 18.0 Å². The van der Waals surface area contributed by atoms with Crippen LogP contribution >= 0.6 is 15.9 Å². The monoisotopic (exact) mass is 353 g/mol. The van der Waals surface area contributed by atoms with Gasteiger partial charge in [-0.1, -0.05) is 15.9 Å². The standard InChI is InChI=1S/C13H15BrF3NO2/c1-8(2)18(7-13(15,16)17)12(19)10-5-4-9(14)6-11(10)20-3/h4-6,8H,7H2,1-3H3. The summed E-state index contributed by atoms with van der Waals surface area (Å²) >= 11 is 3.22. The molecule has 0 saturated heterocycles. The summed E-state index contributed by atoms with van der Waals surface area (Å²) in [5.74, 6) is -0.473. The van der Waals surface area contributed by atoms with Crippen LogP contribution in [0.25, 0.3) is 0 Å². The average Bonchev–Trinajstić information content (AvgIpc) is 2.33. The molecule has 7 heteroatoms. The molecular weight excluding hydrogens is 339 g/mol. The largest absolute Gasteiger partial charge is 0.496 e. The first-order valence-electron chi connectivity index (χ1n) is 5.87. The molecule has 0 aromatic heterocycles. The quantitative estimate of drug-likeness (QED) is 0.822. The summed E-state index contributed by atoms with van der Waals surface area (Å²) in [6, 6.07) is 4.00. The lowest BCUT2D eigenvalue weighted by Gasteiger charge is -2.28. The van der Waals surface area contributed by atoms with Crippen molar-refractivity contribution in [3.63, 3.8) is 0 Å². The fourth-order valence-corrected chi connectivity index (χ4v) is 2.02. The van der Waals surface area contributed by atoms with Crippen molar-refractivity contribution in [2.24, 2.45) is 0 Å². The molecule has 0 unspecified atom stereocenters. The topological polar surface area (TPSA) is 29.5 Å². The van der Waals surface area contributed by atoms with Crippen LogP contribution in [0.1, 0.15) is 24.2 Å². The lowest BCUT2D eigenvalue weighted by molar-refractivity contribution is -0.143. The number of rotatable bonds is 4. The van der Waals surface area contributed by atoms with E-state index in [2.05, 4.69) is 15.9 Å². The number of halogens is 4. The van der Waals surface area contributed by atoms with Gasteiger partial charge in [-0.25, -0.2) is 0 Å². The zero-order valence-corrected chi connectivity index (χ0v) is 12.9. The lowest BCUT2D eigenvalue weighted by Crippen LogP contribution is -2.43. The normalized spacial score (nSPS) is 11.6. The van der Waals surface area contributed by atoms with Crippen LogP contribution in [0.2, 0.25) is 0 Å². The lowest BCUT2D eigenvalue weighted by atomic mass is 10.1. The van der Waals surface area contributed by atoms with Crippen LogP contribution in [-0.2, 0) is 0 Å². The maximum absolute atomic E-state index is 12.6. The Kier molecular flexibility index (Phi) is 5.44. The second kappa shape index (κ2) is 6.47. The molecule has 1 rings (SSSR count). The first-order chi connectivity index (χ1) is 9.15. The predicted octanol–water partition coefficient (Wildman–Crippen LogP) is 3.87. The number of hydrogen-bond acceptors (Lipinski definition) is 2. The molecule has 0 saturated carbocycles. The van der Waals surface area contributed by atoms with Gasteiger partial charge >= 0.3 is 6.18 Å². The van der Waals surface area contributed by atoms with Crippen molar-refractivity contribution < 1.29 is 22.7 Å². The molecule has 1 aromatic carbocycles. The van der Waals surface area contributed by atoms with Gasteiger partial charge in [0, 0.05) is 10.5 Å². The van der Waals surface area contributed by atoms with E-state index in [0.717, 1.165) is 4.90 Å². The van der Waals surface area contributed by atoms with Crippen LogP contribution in [0.15, 0.2) is 22.7 Å². The molecule has 0 atom stereocenters. The molecule has 0 aliphatic carbocycles. The third kappa shape index (κ3) is 4.40. The molecule has 1 aromatic rings. The maximum Gasteiger partial charge on any atom is 0.406 e. The minimum atomic E-state index is -4.44. The van der Waals surface area contributed by atoms with Crippen molar-refractivity contribution in [3.8, 4) is 5.75 Å². The van der Waals surface area contributed by atoms with E-state index in [1.165, 1.54) is 27.0 Å². The van der Waals surface area contributed by atoms with Gasteiger partial charge in [0.15, 0.2) is 0 Å². The first-order valence-corrected chi connectivity index (χ1v) is 6.66. The van der Waals surface area contributed by atoms with Crippen LogP contribution in [0, 0.1) is 0 Å². The number of ether oxygens (including phenoxy) is 1. The van der Waals surface area contributed by atoms with E-state index in [4.69, 9.17) is 4.74 Å². The van der Waals surface area contributed by atoms with E-state index in [-0.39, 0.29) is 11.3 Å². The highest BCUT2D eigenvalue weighted by Gasteiger charge is 2.35. The van der Waals surface area contributed by atoms with Gasteiger partial charge in [-0.05, 0) is 32.0 Å². The smallest absolute Gasteiger partial charge is 0.406 e. The van der Waals surface area contributed by atoms with Crippen molar-refractivity contribution in [1.29, 1.82) is 0 Å². The summed E-state index contributed by atoms with van der Waals surface area (Å²) in [5, 5.41) is 0. The van der Waals surface area contributed by atoms with Gasteiger partial charge in [-0.3, -0.25) is 4.79 Å². The van der Waals surface area contributed by atoms with E-state index in [1.54, 1.807) is 12.1 Å². The fourth-order valence-electron chi connectivity index (χ4n) is 1.68. The second-order valence-electron chi connectivity index (χ2n) is 4.49. The molecule has 0 heterocycles. The van der Waals surface area contributed by atoms with Crippen molar-refractivity contribution in [2.45, 2.75) is 26.1 Å². The minimum Gasteiger partial charge on any atom is -0.496 e. The molecule has 0 aliphatic rings. The number of benzene rings is 1. The zero-order chi connectivity index (χ0) is 15.5. The summed E-state index contributed by atoms with van der Waals surface area (Å²) in [7, 11) is 1.36. The summed E-state index contributed by atoms with van der Waals surface area (Å²) in [6.07, 6.45) is -4.44. The van der Waals surface area contributed by atoms with Gasteiger partial charge in [-0.2, -0.15) is 13.2 Å². The summed E-state index contributed by atoms with van der Waals surface area (Å²) in [6.45, 7) is 1.78. The average molecular weight is 354 g/mol. The highest BCUT2D eigenvalue weighted by Crippen LogP contribution is 2.27. The summed E-state index contributed by atoms with van der Waals surface area (Å²) in [4.78, 5) is 13.1. The highest BCUT2D eigenvalue weighted by atomic mass is 79.9. The van der Waals surface area contributed by atoms with Gasteiger partial charge in [0.1, 0.15) is 12.3 Å². The number of methoxy groups -OCH3 is 1. The van der Waals surface area contributed by atoms with Gasteiger partial charge < -0.3 is 9.64 Å². The molecule has 112 valence electrons. The van der Waals surface area contributed by atoms with E-state index < -0.39 is 24.7 Å². The minimum absolute atomic E-state index is 0.105. The summed E-state index contributed by atoms with van der Waals surface area (Å²) < 4.78 is 43.4. The number of hydrogen-bond donors (Lipinski definition) is 0. The van der Waals surface area contributed by atoms with Crippen LogP contribution in [0.4, 0.5) is 13.2 Å². The predicted molar refractivity (Wildman–Crippen MR) is 72.9 cm³/mol. The highest BCUT2D eigenvalue weighted by molar-refractivity contribution is 9.10. The van der Waals surface area contributed by atoms with Gasteiger partial charge in [0.05, 0.1) is 12.7 Å². The molecule has 0 fully saturated rings. The third-order valence-electron chi connectivity index (χ3n) is 2.63. The molecule has 0 radical (unpaired) electrons. The van der Waals surface area contributed by atoms with Gasteiger partial charge in [-0.15, -0.1) is 0 Å². The fraction of sp³-hybridized carbons (Fsp3) is 0.462. The molecular formula is C13H15BrF3NO2. The van der Waals surface area contributed by atoms with Gasteiger partial charge in [0.2, 0.25) is 0 Å². The second-order valence-corrected chi connectivity index (χ2v) is 5.40. The van der Waals surface area contributed by atoms with Crippen molar-refractivity contribution in [3.05, 3.63) is 28.2 Å². The molecule has 20 heavy (non-hydrogen) atoms. The van der Waals surface area contributed by atoms with E-state index in [0.29, 0.717) is 4.47 Å². The van der Waals surface area contributed by atoms with Crippen molar-refractivity contribution in [2.75, 3.05) is 13.7 Å².